The Morgan fingerprint density at radius 1 is 1.56 bits per heavy atom. The molecule has 0 bridgehead atoms. The molecule has 0 rings (SSSR count). The highest BCUT2D eigenvalue weighted by molar-refractivity contribution is 5.98. The van der Waals surface area contributed by atoms with Crippen molar-refractivity contribution in [2.24, 2.45) is 0 Å². The van der Waals surface area contributed by atoms with Gasteiger partial charge in [-0.15, -0.1) is 0 Å². The van der Waals surface area contributed by atoms with Gasteiger partial charge in [-0.1, -0.05) is 0 Å². The quantitative estimate of drug-likeness (QED) is 0.326. The summed E-state index contributed by atoms with van der Waals surface area (Å²) in [6.07, 6.45) is 0.516. The van der Waals surface area contributed by atoms with E-state index in [0.29, 0.717) is 0 Å². The fourth-order valence-corrected chi connectivity index (χ4v) is 0.731. The van der Waals surface area contributed by atoms with E-state index in [0.717, 1.165) is 6.20 Å². The summed E-state index contributed by atoms with van der Waals surface area (Å²) in [5.41, 5.74) is -0.248. The van der Waals surface area contributed by atoms with Crippen LogP contribution in [0.15, 0.2) is 11.8 Å². The van der Waals surface area contributed by atoms with Crippen LogP contribution in [0, 0.1) is 11.3 Å². The Balaban J connectivity index is 4.22. The number of nitrogens with zero attached hydrogens (tertiary/aromatic N) is 1. The van der Waals surface area contributed by atoms with Crippen molar-refractivity contribution in [1.82, 2.24) is 10.6 Å². The molecular weight excluding hydrogens is 214 g/mol. The molecule has 4 N–H and O–H groups in total. The lowest BCUT2D eigenvalue weighted by Crippen LogP contribution is -2.31. The average molecular weight is 227 g/mol. The van der Waals surface area contributed by atoms with Gasteiger partial charge in [-0.2, -0.15) is 5.26 Å². The van der Waals surface area contributed by atoms with E-state index in [-0.39, 0.29) is 12.1 Å². The first kappa shape index (κ1) is 13.9. The van der Waals surface area contributed by atoms with Crippen LogP contribution in [0.25, 0.3) is 0 Å². The lowest BCUT2D eigenvalue weighted by atomic mass is 10.3. The zero-order chi connectivity index (χ0) is 12.6. The Kier molecular flexibility index (Phi) is 6.31. The molecule has 88 valence electrons. The molecule has 1 amide bonds. The lowest BCUT2D eigenvalue weighted by Gasteiger charge is -2.04. The van der Waals surface area contributed by atoms with Gasteiger partial charge in [0.2, 0.25) is 0 Å². The second-order valence-electron chi connectivity index (χ2n) is 3.00. The minimum Gasteiger partial charge on any atom is -0.480 e. The highest BCUT2D eigenvalue weighted by Crippen LogP contribution is 1.90. The third-order valence-electron chi connectivity index (χ3n) is 1.42. The van der Waals surface area contributed by atoms with Crippen molar-refractivity contribution in [3.8, 4) is 6.07 Å². The molecule has 7 heteroatoms. The fourth-order valence-electron chi connectivity index (χ4n) is 0.731. The van der Waals surface area contributed by atoms with Gasteiger partial charge in [-0.3, -0.25) is 9.59 Å². The molecule has 1 unspecified atom stereocenters. The maximum atomic E-state index is 11.2. The normalized spacial score (nSPS) is 12.4. The summed E-state index contributed by atoms with van der Waals surface area (Å²) in [7, 11) is 0. The number of aliphatic carboxylic acids is 1. The van der Waals surface area contributed by atoms with Gasteiger partial charge >= 0.3 is 5.97 Å². The van der Waals surface area contributed by atoms with Crippen molar-refractivity contribution >= 4 is 11.9 Å². The van der Waals surface area contributed by atoms with Crippen LogP contribution >= 0.6 is 0 Å². The second kappa shape index (κ2) is 7.25. The van der Waals surface area contributed by atoms with Crippen LogP contribution in [0.2, 0.25) is 0 Å². The van der Waals surface area contributed by atoms with Crippen LogP contribution in [0.5, 0.6) is 0 Å². The van der Waals surface area contributed by atoms with Crippen molar-refractivity contribution in [3.63, 3.8) is 0 Å². The largest absolute Gasteiger partial charge is 0.480 e. The molecule has 0 aliphatic heterocycles. The first-order valence-electron chi connectivity index (χ1n) is 4.49. The summed E-state index contributed by atoms with van der Waals surface area (Å²) >= 11 is 0. The SMILES string of the molecule is CC(O)CN/C=C(/C#N)C(=O)NCC(=O)O. The number of hydrogen-bond acceptors (Lipinski definition) is 5. The summed E-state index contributed by atoms with van der Waals surface area (Å²) in [6.45, 7) is 1.18. The monoisotopic (exact) mass is 227 g/mol. The number of carboxylic acid groups (broad SMARTS) is 1. The van der Waals surface area contributed by atoms with E-state index in [1.54, 1.807) is 6.07 Å². The number of carbonyl (C=O) groups is 2. The summed E-state index contributed by atoms with van der Waals surface area (Å²) in [5.74, 6) is -1.97. The van der Waals surface area contributed by atoms with Crippen molar-refractivity contribution in [1.29, 1.82) is 5.26 Å². The molecule has 0 radical (unpaired) electrons. The number of carboxylic acids is 1. The molecule has 0 aromatic rings. The number of nitrogens with one attached hydrogen (secondary N) is 2. The highest BCUT2D eigenvalue weighted by Gasteiger charge is 2.09. The summed E-state index contributed by atoms with van der Waals surface area (Å²) in [6, 6.07) is 1.61. The van der Waals surface area contributed by atoms with Crippen molar-refractivity contribution in [2.75, 3.05) is 13.1 Å². The number of aliphatic hydroxyl groups excluding tert-OH is 1. The molecule has 0 fully saturated rings. The molecule has 0 aliphatic carbocycles. The molecular formula is C9H13N3O4. The molecule has 7 nitrogen and oxygen atoms in total. The molecule has 0 saturated heterocycles. The second-order valence-corrected chi connectivity index (χ2v) is 3.00. The van der Waals surface area contributed by atoms with Gasteiger partial charge < -0.3 is 20.8 Å². The van der Waals surface area contributed by atoms with E-state index < -0.39 is 24.5 Å². The Labute approximate surface area is 92.4 Å². The fraction of sp³-hybridized carbons (Fsp3) is 0.444. The average Bonchev–Trinajstić information content (AvgIpc) is 2.20. The van der Waals surface area contributed by atoms with Crippen molar-refractivity contribution < 1.29 is 19.8 Å². The Hall–Kier alpha value is -2.07. The van der Waals surface area contributed by atoms with E-state index in [4.69, 9.17) is 15.5 Å². The van der Waals surface area contributed by atoms with Crippen molar-refractivity contribution in [3.05, 3.63) is 11.8 Å². The molecule has 0 aromatic carbocycles. The summed E-state index contributed by atoms with van der Waals surface area (Å²) < 4.78 is 0. The predicted octanol–water partition coefficient (Wildman–Crippen LogP) is -1.43. The van der Waals surface area contributed by atoms with Crippen LogP contribution < -0.4 is 10.6 Å². The van der Waals surface area contributed by atoms with Crippen LogP contribution in [0.4, 0.5) is 0 Å². The lowest BCUT2D eigenvalue weighted by molar-refractivity contribution is -0.137. The number of hydrogen-bond donors (Lipinski definition) is 4. The molecule has 0 aliphatic rings. The number of rotatable bonds is 6. The van der Waals surface area contributed by atoms with Crippen LogP contribution in [0.3, 0.4) is 0 Å². The molecule has 16 heavy (non-hydrogen) atoms. The van der Waals surface area contributed by atoms with Gasteiger partial charge in [0.25, 0.3) is 5.91 Å². The Morgan fingerprint density at radius 2 is 2.19 bits per heavy atom. The van der Waals surface area contributed by atoms with Gasteiger partial charge in [-0.05, 0) is 6.92 Å². The van der Waals surface area contributed by atoms with E-state index in [1.165, 1.54) is 6.92 Å². The first-order valence-corrected chi connectivity index (χ1v) is 4.49. The first-order chi connectivity index (χ1) is 7.47. The topological polar surface area (TPSA) is 122 Å². The summed E-state index contributed by atoms with van der Waals surface area (Å²) in [5, 5.41) is 30.4. The Bertz CT molecular complexity index is 330. The maximum absolute atomic E-state index is 11.2. The highest BCUT2D eigenvalue weighted by atomic mass is 16.4. The standard InChI is InChI=1S/C9H13N3O4/c1-6(13)3-11-4-7(2-10)9(16)12-5-8(14)15/h4,6,11,13H,3,5H2,1H3,(H,12,16)(H,14,15)/b7-4-. The van der Waals surface area contributed by atoms with E-state index >= 15 is 0 Å². The van der Waals surface area contributed by atoms with E-state index in [1.807, 2.05) is 5.32 Å². The van der Waals surface area contributed by atoms with E-state index in [2.05, 4.69) is 5.32 Å². The smallest absolute Gasteiger partial charge is 0.322 e. The minimum atomic E-state index is -1.19. The summed E-state index contributed by atoms with van der Waals surface area (Å²) in [4.78, 5) is 21.3. The maximum Gasteiger partial charge on any atom is 0.322 e. The number of nitriles is 1. The third kappa shape index (κ3) is 6.39. The van der Waals surface area contributed by atoms with Crippen LogP contribution in [-0.4, -0.2) is 41.3 Å². The Morgan fingerprint density at radius 3 is 2.62 bits per heavy atom. The van der Waals surface area contributed by atoms with Crippen molar-refractivity contribution in [2.45, 2.75) is 13.0 Å². The zero-order valence-electron chi connectivity index (χ0n) is 8.73. The van der Waals surface area contributed by atoms with E-state index in [9.17, 15) is 9.59 Å². The number of carbonyl (C=O) groups excluding carboxylic acids is 1. The van der Waals surface area contributed by atoms with Crippen LogP contribution in [-0.2, 0) is 9.59 Å². The zero-order valence-corrected chi connectivity index (χ0v) is 8.73. The number of aliphatic hydroxyl groups is 1. The van der Waals surface area contributed by atoms with Crippen LogP contribution in [0.1, 0.15) is 6.92 Å². The minimum absolute atomic E-state index is 0.192. The van der Waals surface area contributed by atoms with Gasteiger partial charge in [0.05, 0.1) is 6.10 Å². The molecule has 0 spiro atoms. The molecule has 0 heterocycles. The van der Waals surface area contributed by atoms with Gasteiger partial charge in [0.15, 0.2) is 0 Å². The number of amides is 1. The van der Waals surface area contributed by atoms with Gasteiger partial charge in [-0.25, -0.2) is 0 Å². The molecule has 1 atom stereocenters. The molecule has 0 aromatic heterocycles. The molecule has 0 saturated carbocycles. The van der Waals surface area contributed by atoms with Gasteiger partial charge in [0, 0.05) is 12.7 Å². The predicted molar refractivity (Wildman–Crippen MR) is 54.0 cm³/mol. The third-order valence-corrected chi connectivity index (χ3v) is 1.42. The van der Waals surface area contributed by atoms with Gasteiger partial charge in [0.1, 0.15) is 18.2 Å².